The number of ether oxygens (including phenoxy) is 1. The molecule has 3 aliphatic heterocycles. The molecule has 9 nitrogen and oxygen atoms in total. The Bertz CT molecular complexity index is 3670. The number of aromatic nitrogens is 4. The van der Waals surface area contributed by atoms with Gasteiger partial charge in [-0.1, -0.05) is 101 Å². The summed E-state index contributed by atoms with van der Waals surface area (Å²) in [5.74, 6) is 4.22. The molecule has 0 spiro atoms. The van der Waals surface area contributed by atoms with Gasteiger partial charge in [-0.15, -0.1) is 36.1 Å². The Morgan fingerprint density at radius 2 is 1.39 bits per heavy atom. The Kier molecular flexibility index (Phi) is 9.85. The second kappa shape index (κ2) is 18.8. The molecule has 320 valence electrons. The van der Waals surface area contributed by atoms with E-state index in [2.05, 4.69) is 83.6 Å². The van der Waals surface area contributed by atoms with Crippen molar-refractivity contribution in [2.75, 3.05) is 9.80 Å². The number of hydrogen-bond donors (Lipinski definition) is 2. The van der Waals surface area contributed by atoms with E-state index in [1.807, 2.05) is 109 Å². The third-order valence-electron chi connectivity index (χ3n) is 11.0. The zero-order valence-corrected chi connectivity index (χ0v) is 37.2. The molecule has 0 atom stereocenters. The largest absolute Gasteiger partial charge is 0.503 e. The number of rotatable bonds is 7. The van der Waals surface area contributed by atoms with Crippen LogP contribution >= 0.6 is 0 Å². The Morgan fingerprint density at radius 1 is 0.697 bits per heavy atom. The quantitative estimate of drug-likeness (QED) is 0.122. The number of aryl methyl sites for hydroxylation is 1. The molecule has 0 saturated heterocycles. The number of benzene rings is 5. The maximum atomic E-state index is 9.07. The molecule has 0 fully saturated rings. The average Bonchev–Trinajstić information content (AvgIpc) is 4.08. The van der Waals surface area contributed by atoms with Crippen molar-refractivity contribution in [3.05, 3.63) is 231 Å². The van der Waals surface area contributed by atoms with Gasteiger partial charge in [0.05, 0.1) is 16.5 Å². The van der Waals surface area contributed by atoms with Gasteiger partial charge in [0.25, 0.3) is 0 Å². The van der Waals surface area contributed by atoms with Crippen molar-refractivity contribution < 1.29 is 35.4 Å². The van der Waals surface area contributed by atoms with Gasteiger partial charge in [0.15, 0.2) is 14.6 Å². The van der Waals surface area contributed by atoms with Gasteiger partial charge in [-0.2, -0.15) is 23.9 Å². The van der Waals surface area contributed by atoms with E-state index in [-0.39, 0.29) is 67.1 Å². The first kappa shape index (κ1) is 34.6. The molecular formula is C54H39B2N8OPt-3. The fourth-order valence-electron chi connectivity index (χ4n) is 8.12. The van der Waals surface area contributed by atoms with Crippen LogP contribution in [0.1, 0.15) is 20.7 Å². The normalized spacial score (nSPS) is 20.7. The maximum Gasteiger partial charge on any atom is 0.213 e. The number of nitrogens with one attached hydrogen (secondary N) is 2. The van der Waals surface area contributed by atoms with Crippen LogP contribution in [0.5, 0.6) is 11.6 Å². The summed E-state index contributed by atoms with van der Waals surface area (Å²) in [4.78, 5) is 13.5. The molecule has 0 aliphatic carbocycles. The Balaban J connectivity index is 0.00000611. The number of imidazole rings is 1. The predicted molar refractivity (Wildman–Crippen MR) is 267 cm³/mol. The van der Waals surface area contributed by atoms with E-state index < -0.39 is 19.1 Å². The second-order valence-electron chi connectivity index (χ2n) is 14.9. The third-order valence-corrected chi connectivity index (χ3v) is 11.0. The summed E-state index contributed by atoms with van der Waals surface area (Å²) in [5, 5.41) is 6.92. The van der Waals surface area contributed by atoms with E-state index in [9.17, 15) is 0 Å². The molecule has 0 saturated carbocycles. The second-order valence-corrected chi connectivity index (χ2v) is 14.9. The van der Waals surface area contributed by atoms with Crippen molar-refractivity contribution in [1.82, 2.24) is 29.7 Å². The smallest absolute Gasteiger partial charge is 0.213 e. The molecule has 2 N–H and O–H groups in total. The van der Waals surface area contributed by atoms with Crippen molar-refractivity contribution in [2.24, 2.45) is 6.98 Å². The third kappa shape index (κ3) is 8.03. The maximum absolute atomic E-state index is 9.07. The van der Waals surface area contributed by atoms with Gasteiger partial charge in [0, 0.05) is 85.3 Å². The van der Waals surface area contributed by atoms with E-state index >= 15 is 0 Å². The minimum atomic E-state index is -2.72. The van der Waals surface area contributed by atoms with E-state index in [0.717, 1.165) is 43.7 Å². The molecular weight excluding hydrogens is 993 g/mol. The van der Waals surface area contributed by atoms with Crippen LogP contribution in [-0.4, -0.2) is 33.7 Å². The molecule has 8 aromatic rings. The van der Waals surface area contributed by atoms with Gasteiger partial charge in [0.2, 0.25) is 5.95 Å². The van der Waals surface area contributed by atoms with Gasteiger partial charge in [-0.05, 0) is 77.3 Å². The monoisotopic (exact) mass is 1040 g/mol. The zero-order chi connectivity index (χ0) is 49.5. The molecule has 0 unspecified atom stereocenters. The Morgan fingerprint density at radius 3 is 2.15 bits per heavy atom. The van der Waals surface area contributed by atoms with Crippen LogP contribution in [0.3, 0.4) is 0 Å². The average molecular weight is 1040 g/mol. The molecule has 6 heterocycles. The summed E-state index contributed by atoms with van der Waals surface area (Å²) >= 11 is 0. The van der Waals surface area contributed by atoms with Crippen LogP contribution in [0, 0.1) is 18.8 Å². The number of fused-ring (bicyclic) bond motifs is 5. The van der Waals surface area contributed by atoms with Crippen molar-refractivity contribution in [3.63, 3.8) is 0 Å². The van der Waals surface area contributed by atoms with Crippen LogP contribution in [0.4, 0.5) is 22.7 Å². The van der Waals surface area contributed by atoms with Crippen LogP contribution < -0.4 is 25.2 Å². The molecule has 3 aromatic heterocycles. The summed E-state index contributed by atoms with van der Waals surface area (Å²) in [6.45, 7) is -0.694. The van der Waals surface area contributed by atoms with Crippen molar-refractivity contribution in [3.8, 4) is 17.6 Å². The predicted octanol–water partition coefficient (Wildman–Crippen LogP) is 11.2. The number of para-hydroxylation sites is 6. The summed E-state index contributed by atoms with van der Waals surface area (Å²) in [5.41, 5.74) is 8.21. The molecule has 0 bridgehead atoms. The number of nitrogens with zero attached hydrogens (tertiary/aromatic N) is 6. The van der Waals surface area contributed by atoms with Crippen LogP contribution in [-0.2, 0) is 28.0 Å². The van der Waals surface area contributed by atoms with Gasteiger partial charge in [-0.25, -0.2) is 4.98 Å². The van der Waals surface area contributed by atoms with E-state index in [1.165, 1.54) is 4.57 Å². The van der Waals surface area contributed by atoms with Crippen molar-refractivity contribution in [1.29, 1.82) is 0 Å². The summed E-state index contributed by atoms with van der Waals surface area (Å²) in [6.07, 6.45) is 25.1. The first-order chi connectivity index (χ1) is 35.1. The van der Waals surface area contributed by atoms with Crippen LogP contribution in [0.2, 0.25) is 0 Å². The summed E-state index contributed by atoms with van der Waals surface area (Å²) in [6, 6.07) is 31.4. The fourth-order valence-corrected chi connectivity index (χ4v) is 8.12. The summed E-state index contributed by atoms with van der Waals surface area (Å²) in [7, 11) is 4.19. The van der Waals surface area contributed by atoms with Gasteiger partial charge in [-0.3, -0.25) is 4.98 Å². The molecule has 0 amide bonds. The topological polar surface area (TPSA) is 75.4 Å². The van der Waals surface area contributed by atoms with E-state index in [1.54, 1.807) is 42.6 Å². The van der Waals surface area contributed by atoms with Crippen LogP contribution in [0.25, 0.3) is 49.7 Å². The molecule has 2 radical (unpaired) electrons. The zero-order valence-electron chi connectivity index (χ0n) is 41.9. The molecule has 3 aliphatic rings. The number of hydrogen-bond acceptors (Lipinski definition) is 7. The van der Waals surface area contributed by atoms with Crippen LogP contribution in [0.15, 0.2) is 201 Å². The SMILES string of the molecule is [2H]c1c([2H])c([2H])c2c(c1[2H])c1ccc(Oc3[c-]c(N4[CH-]N(c5c(/C6=C/C=C\N/C=C\C=C/[B]6)cccc5/C5=C/C=C\N/C=C\C=C/[B]5)c5ccccc54)ccn3)[c-]c1n2-c1nc2ccccc2n1C([2H])([2H])[2H].[Pt]. The van der Waals surface area contributed by atoms with Crippen molar-refractivity contribution >= 4 is 81.1 Å². The molecule has 11 rings (SSSR count). The summed E-state index contributed by atoms with van der Waals surface area (Å²) < 4.78 is 69.9. The molecule has 12 heteroatoms. The van der Waals surface area contributed by atoms with E-state index in [0.29, 0.717) is 22.1 Å². The number of pyridine rings is 1. The number of allylic oxidation sites excluding steroid dienone is 8. The minimum Gasteiger partial charge on any atom is -0.503 e. The fraction of sp³-hybridized carbons (Fsp3) is 0.0185. The standard InChI is InChI=1S/C54H39B2N8O.Pt/c1-61-48-22-5-3-20-46(48)60-54(61)64-47-21-4-2-15-40(47)41-26-25-39(36-51(41)64)65-52-35-38(27-34-59-52)62-37-63(50-24-7-6-23-49(50)62)53-42(44-18-13-32-57-30-10-8-28-55-44)16-12-17-43(53)45-19-14-33-58-31-11-9-29-56-45;/h2-34,37,57-58H,1H3;/q-3;/b28-8-,29-9-,30-10-,31-11-,32-13-,33-14-,44-18-,45-19-;/i1D3,2D,4D,15D,21D;. The minimum absolute atomic E-state index is 0. The van der Waals surface area contributed by atoms with Gasteiger partial charge < -0.3 is 34.3 Å². The van der Waals surface area contributed by atoms with Crippen molar-refractivity contribution in [2.45, 2.75) is 0 Å². The number of anilines is 4. The van der Waals surface area contributed by atoms with Gasteiger partial charge >= 0.3 is 0 Å². The van der Waals surface area contributed by atoms with Gasteiger partial charge in [0.1, 0.15) is 5.88 Å². The first-order valence-corrected chi connectivity index (χ1v) is 20.8. The molecule has 5 aromatic carbocycles. The first-order valence-electron chi connectivity index (χ1n) is 24.3. The molecule has 66 heavy (non-hydrogen) atoms. The van der Waals surface area contributed by atoms with E-state index in [4.69, 9.17) is 19.3 Å². The Labute approximate surface area is 409 Å². The Hall–Kier alpha value is -7.74.